The lowest BCUT2D eigenvalue weighted by atomic mass is 9.96. The quantitative estimate of drug-likeness (QED) is 0.695. The zero-order valence-electron chi connectivity index (χ0n) is 16.3. The van der Waals surface area contributed by atoms with Crippen LogP contribution in [-0.4, -0.2) is 59.0 Å². The largest absolute Gasteiger partial charge is 0.368 e. The molecule has 1 amide bonds. The van der Waals surface area contributed by atoms with Crippen molar-refractivity contribution in [2.75, 3.05) is 42.1 Å². The number of benzene rings is 1. The minimum absolute atomic E-state index is 0.130. The lowest BCUT2D eigenvalue weighted by molar-refractivity contribution is -0.128. The molecule has 4 rings (SSSR count). The van der Waals surface area contributed by atoms with Crippen LogP contribution in [0.4, 0.5) is 15.2 Å². The second-order valence-corrected chi connectivity index (χ2v) is 9.69. The van der Waals surface area contributed by atoms with E-state index in [4.69, 9.17) is 0 Å². The number of nitrogens with zero attached hydrogens (tertiary/aromatic N) is 4. The predicted molar refractivity (Wildman–Crippen MR) is 116 cm³/mol. The molecule has 1 aromatic heterocycles. The zero-order valence-corrected chi connectivity index (χ0v) is 18.0. The van der Waals surface area contributed by atoms with Crippen molar-refractivity contribution in [1.29, 1.82) is 0 Å². The number of hydrogen-bond donors (Lipinski definition) is 1. The number of nitrogens with one attached hydrogen (secondary N) is 1. The molecule has 1 saturated carbocycles. The maximum absolute atomic E-state index is 13.1. The summed E-state index contributed by atoms with van der Waals surface area (Å²) < 4.78 is 13.9. The molecule has 2 aliphatic rings. The first kappa shape index (κ1) is 20.4. The normalized spacial score (nSPS) is 18.1. The van der Waals surface area contributed by atoms with E-state index in [1.807, 2.05) is 4.90 Å². The van der Waals surface area contributed by atoms with Crippen molar-refractivity contribution in [2.24, 2.45) is 0 Å². The third-order valence-corrected chi connectivity index (χ3v) is 7.46. The van der Waals surface area contributed by atoms with Gasteiger partial charge in [-0.3, -0.25) is 4.79 Å². The average molecular weight is 436 g/mol. The summed E-state index contributed by atoms with van der Waals surface area (Å²) in [5, 5.41) is 12.8. The fourth-order valence-corrected chi connectivity index (χ4v) is 5.56. The molecule has 9 heteroatoms. The van der Waals surface area contributed by atoms with E-state index in [0.29, 0.717) is 24.9 Å². The monoisotopic (exact) mass is 435 g/mol. The van der Waals surface area contributed by atoms with Gasteiger partial charge in [0, 0.05) is 37.9 Å². The van der Waals surface area contributed by atoms with E-state index in [9.17, 15) is 9.18 Å². The molecule has 1 aromatic carbocycles. The number of carbonyl (C=O) groups is 1. The highest BCUT2D eigenvalue weighted by molar-refractivity contribution is 8.01. The molecular formula is C20H26FN5OS2. The van der Waals surface area contributed by atoms with E-state index in [0.717, 1.165) is 28.2 Å². The molecule has 1 aliphatic carbocycles. The van der Waals surface area contributed by atoms with Gasteiger partial charge >= 0.3 is 0 Å². The van der Waals surface area contributed by atoms with Crippen LogP contribution in [0.5, 0.6) is 0 Å². The van der Waals surface area contributed by atoms with Crippen LogP contribution in [0.1, 0.15) is 32.1 Å². The summed E-state index contributed by atoms with van der Waals surface area (Å²) >= 11 is 3.00. The Balaban J connectivity index is 1.21. The number of amides is 1. The minimum Gasteiger partial charge on any atom is -0.368 e. The molecule has 0 bridgehead atoms. The fraction of sp³-hybridized carbons (Fsp3) is 0.550. The van der Waals surface area contributed by atoms with Gasteiger partial charge in [0.15, 0.2) is 4.34 Å². The Morgan fingerprint density at radius 2 is 1.83 bits per heavy atom. The average Bonchev–Trinajstić information content (AvgIpc) is 3.21. The number of aromatic nitrogens is 2. The van der Waals surface area contributed by atoms with Crippen LogP contribution < -0.4 is 10.2 Å². The molecule has 1 N–H and O–H groups in total. The molecule has 1 saturated heterocycles. The van der Waals surface area contributed by atoms with Crippen molar-refractivity contribution in [1.82, 2.24) is 15.1 Å². The highest BCUT2D eigenvalue weighted by Gasteiger charge is 2.22. The summed E-state index contributed by atoms with van der Waals surface area (Å²) in [5.74, 6) is 0.285. The van der Waals surface area contributed by atoms with Crippen LogP contribution in [0, 0.1) is 5.82 Å². The van der Waals surface area contributed by atoms with E-state index in [-0.39, 0.29) is 11.7 Å². The SMILES string of the molecule is O=C(CSc1nnc(NC2CCCCC2)s1)N1CCN(c2ccc(F)cc2)CC1. The lowest BCUT2D eigenvalue weighted by Crippen LogP contribution is -2.49. The summed E-state index contributed by atoms with van der Waals surface area (Å²) in [7, 11) is 0. The van der Waals surface area contributed by atoms with E-state index in [1.165, 1.54) is 67.3 Å². The molecule has 2 aromatic rings. The Morgan fingerprint density at radius 3 is 2.55 bits per heavy atom. The molecule has 2 fully saturated rings. The number of hydrogen-bond acceptors (Lipinski definition) is 7. The van der Waals surface area contributed by atoms with Crippen LogP contribution in [0.25, 0.3) is 0 Å². The van der Waals surface area contributed by atoms with E-state index in [2.05, 4.69) is 20.4 Å². The second kappa shape index (κ2) is 9.75. The number of carbonyl (C=O) groups excluding carboxylic acids is 1. The number of thioether (sulfide) groups is 1. The van der Waals surface area contributed by atoms with Crippen LogP contribution in [0.3, 0.4) is 0 Å². The molecule has 0 unspecified atom stereocenters. The molecular weight excluding hydrogens is 409 g/mol. The Labute approximate surface area is 178 Å². The van der Waals surface area contributed by atoms with Crippen molar-refractivity contribution in [3.8, 4) is 0 Å². The first-order valence-corrected chi connectivity index (χ1v) is 12.0. The Morgan fingerprint density at radius 1 is 1.10 bits per heavy atom. The maximum atomic E-state index is 13.1. The van der Waals surface area contributed by atoms with Gasteiger partial charge in [-0.05, 0) is 37.1 Å². The minimum atomic E-state index is -0.228. The molecule has 0 radical (unpaired) electrons. The van der Waals surface area contributed by atoms with Crippen LogP contribution in [0.15, 0.2) is 28.6 Å². The van der Waals surface area contributed by atoms with Gasteiger partial charge in [-0.15, -0.1) is 10.2 Å². The Kier molecular flexibility index (Phi) is 6.86. The van der Waals surface area contributed by atoms with Crippen LogP contribution >= 0.6 is 23.1 Å². The summed E-state index contributed by atoms with van der Waals surface area (Å²) in [4.78, 5) is 16.6. The number of rotatable bonds is 6. The third-order valence-electron chi connectivity index (χ3n) is 5.48. The topological polar surface area (TPSA) is 61.4 Å². The van der Waals surface area contributed by atoms with Crippen molar-refractivity contribution in [2.45, 2.75) is 42.5 Å². The van der Waals surface area contributed by atoms with Crippen LogP contribution in [0.2, 0.25) is 0 Å². The summed E-state index contributed by atoms with van der Waals surface area (Å²) in [6.07, 6.45) is 6.28. The van der Waals surface area contributed by atoms with E-state index < -0.39 is 0 Å². The molecule has 1 aliphatic heterocycles. The molecule has 156 valence electrons. The maximum Gasteiger partial charge on any atom is 0.233 e. The summed E-state index contributed by atoms with van der Waals surface area (Å²) in [6.45, 7) is 2.88. The molecule has 29 heavy (non-hydrogen) atoms. The number of piperazine rings is 1. The van der Waals surface area contributed by atoms with Crippen molar-refractivity contribution in [3.05, 3.63) is 30.1 Å². The van der Waals surface area contributed by atoms with Gasteiger partial charge in [0.25, 0.3) is 0 Å². The first-order valence-electron chi connectivity index (χ1n) is 10.2. The van der Waals surface area contributed by atoms with Crippen molar-refractivity contribution in [3.63, 3.8) is 0 Å². The fourth-order valence-electron chi connectivity index (χ4n) is 3.83. The lowest BCUT2D eigenvalue weighted by Gasteiger charge is -2.36. The third kappa shape index (κ3) is 5.60. The highest BCUT2D eigenvalue weighted by atomic mass is 32.2. The molecule has 6 nitrogen and oxygen atoms in total. The second-order valence-electron chi connectivity index (χ2n) is 7.49. The smallest absolute Gasteiger partial charge is 0.233 e. The number of halogens is 1. The van der Waals surface area contributed by atoms with Gasteiger partial charge < -0.3 is 15.1 Å². The van der Waals surface area contributed by atoms with Gasteiger partial charge in [-0.1, -0.05) is 42.4 Å². The van der Waals surface area contributed by atoms with Gasteiger partial charge in [-0.2, -0.15) is 0 Å². The van der Waals surface area contributed by atoms with Gasteiger partial charge in [0.05, 0.1) is 5.75 Å². The molecule has 0 spiro atoms. The number of anilines is 2. The van der Waals surface area contributed by atoms with Crippen LogP contribution in [-0.2, 0) is 4.79 Å². The molecule has 0 atom stereocenters. The Bertz CT molecular complexity index is 801. The summed E-state index contributed by atoms with van der Waals surface area (Å²) in [6, 6.07) is 7.04. The Hall–Kier alpha value is -1.87. The van der Waals surface area contributed by atoms with Crippen molar-refractivity contribution >= 4 is 39.8 Å². The van der Waals surface area contributed by atoms with Crippen molar-refractivity contribution < 1.29 is 9.18 Å². The van der Waals surface area contributed by atoms with E-state index in [1.54, 1.807) is 12.1 Å². The zero-order chi connectivity index (χ0) is 20.1. The highest BCUT2D eigenvalue weighted by Crippen LogP contribution is 2.28. The van der Waals surface area contributed by atoms with Gasteiger partial charge in [0.2, 0.25) is 11.0 Å². The van der Waals surface area contributed by atoms with Gasteiger partial charge in [-0.25, -0.2) is 4.39 Å². The first-order chi connectivity index (χ1) is 14.2. The van der Waals surface area contributed by atoms with E-state index >= 15 is 0 Å². The predicted octanol–water partition coefficient (Wildman–Crippen LogP) is 3.86. The standard InChI is InChI=1S/C20H26FN5OS2/c21-15-6-8-17(9-7-15)25-10-12-26(13-11-25)18(27)14-28-20-24-23-19(29-20)22-16-4-2-1-3-5-16/h6-9,16H,1-5,10-14H2,(H,22,23). The molecule has 2 heterocycles. The van der Waals surface area contributed by atoms with Gasteiger partial charge in [0.1, 0.15) is 5.82 Å². The summed E-state index contributed by atoms with van der Waals surface area (Å²) in [5.41, 5.74) is 1.000.